The average molecular weight is 921 g/mol. The minimum atomic E-state index is -2.18. The van der Waals surface area contributed by atoms with E-state index in [1.54, 1.807) is 21.3 Å². The molecule has 1 saturated carbocycles. The van der Waals surface area contributed by atoms with Crippen LogP contribution in [0.1, 0.15) is 89.5 Å². The molecule has 4 aromatic carbocycles. The molecule has 9 nitrogen and oxygen atoms in total. The van der Waals surface area contributed by atoms with E-state index in [9.17, 15) is 0 Å². The van der Waals surface area contributed by atoms with Gasteiger partial charge in [-0.25, -0.2) is 0 Å². The van der Waals surface area contributed by atoms with Crippen molar-refractivity contribution in [3.8, 4) is 17.2 Å². The average Bonchev–Trinajstić information content (AvgIpc) is 3.62. The zero-order valence-electron chi connectivity index (χ0n) is 41.5. The molecule has 6 atom stereocenters. The van der Waals surface area contributed by atoms with Crippen molar-refractivity contribution in [2.75, 3.05) is 34.5 Å². The van der Waals surface area contributed by atoms with E-state index in [-0.39, 0.29) is 41.3 Å². The second-order valence-electron chi connectivity index (χ2n) is 20.3. The number of carbonyl (C=O) groups excluding carboxylic acids is 1. The summed E-state index contributed by atoms with van der Waals surface area (Å²) in [5.41, 5.74) is 3.95. The van der Waals surface area contributed by atoms with E-state index in [4.69, 9.17) is 37.6 Å². The van der Waals surface area contributed by atoms with Crippen LogP contribution in [0.2, 0.25) is 18.1 Å². The highest BCUT2D eigenvalue weighted by Crippen LogP contribution is 2.53. The number of rotatable bonds is 22. The maximum absolute atomic E-state index is 15.7. The summed E-state index contributed by atoms with van der Waals surface area (Å²) >= 11 is 0. The lowest BCUT2D eigenvalue weighted by atomic mass is 9.69. The third kappa shape index (κ3) is 12.4. The van der Waals surface area contributed by atoms with Gasteiger partial charge in [-0.3, -0.25) is 4.79 Å². The van der Waals surface area contributed by atoms with Crippen LogP contribution in [0, 0.1) is 23.2 Å². The number of methoxy groups -OCH3 is 3. The van der Waals surface area contributed by atoms with Gasteiger partial charge >= 0.3 is 0 Å². The lowest BCUT2D eigenvalue weighted by molar-refractivity contribution is -0.224. The van der Waals surface area contributed by atoms with Crippen molar-refractivity contribution in [3.05, 3.63) is 137 Å². The Morgan fingerprint density at radius 2 is 1.24 bits per heavy atom. The molecule has 2 unspecified atom stereocenters. The highest BCUT2D eigenvalue weighted by Gasteiger charge is 2.55. The van der Waals surface area contributed by atoms with Crippen molar-refractivity contribution in [1.29, 1.82) is 0 Å². The molecule has 0 radical (unpaired) electrons. The Morgan fingerprint density at radius 3 is 1.79 bits per heavy atom. The summed E-state index contributed by atoms with van der Waals surface area (Å²) in [6.07, 6.45) is 4.10. The Bertz CT molecular complexity index is 2140. The quantitative estimate of drug-likeness (QED) is 0.0564. The molecule has 358 valence electrons. The number of benzene rings is 4. The van der Waals surface area contributed by atoms with E-state index in [1.165, 1.54) is 5.57 Å². The molecule has 6 rings (SSSR count). The van der Waals surface area contributed by atoms with E-state index in [0.717, 1.165) is 52.3 Å². The first-order valence-electron chi connectivity index (χ1n) is 23.8. The van der Waals surface area contributed by atoms with E-state index in [0.29, 0.717) is 39.3 Å². The normalized spacial score (nSPS) is 22.0. The molecule has 2 aliphatic rings. The Labute approximate surface area is 396 Å². The molecule has 1 fully saturated rings. The number of Topliss-reactive ketones (excluding diaryl/α,β-unsaturated/α-hetero) is 1. The molecule has 2 aliphatic carbocycles. The van der Waals surface area contributed by atoms with Gasteiger partial charge in [-0.2, -0.15) is 0 Å². The summed E-state index contributed by atoms with van der Waals surface area (Å²) in [6, 6.07) is 34.1. The van der Waals surface area contributed by atoms with Crippen LogP contribution in [0.4, 0.5) is 0 Å². The Balaban J connectivity index is 1.48. The highest BCUT2D eigenvalue weighted by atomic mass is 28.4. The van der Waals surface area contributed by atoms with Crippen molar-refractivity contribution in [2.24, 2.45) is 23.2 Å². The third-order valence-electron chi connectivity index (χ3n) is 14.9. The first kappa shape index (κ1) is 51.1. The number of ketones is 1. The van der Waals surface area contributed by atoms with E-state index in [2.05, 4.69) is 72.8 Å². The van der Waals surface area contributed by atoms with Crippen LogP contribution >= 0.6 is 0 Å². The van der Waals surface area contributed by atoms with Gasteiger partial charge in [0.25, 0.3) is 0 Å². The lowest BCUT2D eigenvalue weighted by Crippen LogP contribution is -2.59. The molecule has 66 heavy (non-hydrogen) atoms. The fourth-order valence-corrected chi connectivity index (χ4v) is 10.6. The van der Waals surface area contributed by atoms with Gasteiger partial charge in [0, 0.05) is 24.4 Å². The topological polar surface area (TPSA) is 90.9 Å². The molecule has 0 spiro atoms. The number of hydrogen-bond acceptors (Lipinski definition) is 9. The summed E-state index contributed by atoms with van der Waals surface area (Å²) in [5, 5.41) is 0.00662. The van der Waals surface area contributed by atoms with E-state index < -0.39 is 32.0 Å². The van der Waals surface area contributed by atoms with Crippen LogP contribution in [-0.2, 0) is 54.6 Å². The summed E-state index contributed by atoms with van der Waals surface area (Å²) in [4.78, 5) is 15.7. The maximum atomic E-state index is 15.7. The van der Waals surface area contributed by atoms with Crippen LogP contribution in [0.25, 0.3) is 0 Å². The smallest absolute Gasteiger partial charge is 0.191 e. The second-order valence-corrected chi connectivity index (χ2v) is 25.1. The van der Waals surface area contributed by atoms with Crippen LogP contribution in [0.3, 0.4) is 0 Å². The molecule has 2 bridgehead atoms. The van der Waals surface area contributed by atoms with Gasteiger partial charge in [-0.15, -0.1) is 0 Å². The monoisotopic (exact) mass is 921 g/mol. The van der Waals surface area contributed by atoms with Crippen LogP contribution in [0.15, 0.2) is 115 Å². The predicted molar refractivity (Wildman–Crippen MR) is 264 cm³/mol. The van der Waals surface area contributed by atoms with Crippen molar-refractivity contribution in [3.63, 3.8) is 0 Å². The van der Waals surface area contributed by atoms with Gasteiger partial charge in [0.2, 0.25) is 0 Å². The Kier molecular flexibility index (Phi) is 17.6. The molecule has 0 saturated heterocycles. The van der Waals surface area contributed by atoms with Gasteiger partial charge in [0.05, 0.1) is 60.5 Å². The zero-order valence-corrected chi connectivity index (χ0v) is 42.5. The molecule has 0 amide bonds. The minimum Gasteiger partial charge on any atom is -0.497 e. The van der Waals surface area contributed by atoms with Gasteiger partial charge in [0.1, 0.15) is 29.0 Å². The second kappa shape index (κ2) is 22.7. The molecule has 0 heterocycles. The summed E-state index contributed by atoms with van der Waals surface area (Å²) in [6.45, 7) is 19.9. The molecule has 0 N–H and O–H groups in total. The first-order valence-corrected chi connectivity index (χ1v) is 26.7. The Hall–Kier alpha value is -4.29. The van der Waals surface area contributed by atoms with Crippen LogP contribution < -0.4 is 14.2 Å². The van der Waals surface area contributed by atoms with Gasteiger partial charge in [-0.05, 0) is 108 Å². The van der Waals surface area contributed by atoms with Crippen molar-refractivity contribution < 1.29 is 42.4 Å². The molecular weight excluding hydrogens is 845 g/mol. The van der Waals surface area contributed by atoms with Crippen LogP contribution in [0.5, 0.6) is 17.2 Å². The fourth-order valence-electron chi connectivity index (χ4n) is 9.53. The highest BCUT2D eigenvalue weighted by molar-refractivity contribution is 6.74. The number of carbonyl (C=O) groups is 1. The summed E-state index contributed by atoms with van der Waals surface area (Å²) in [5.74, 6) is 1.52. The number of fused-ring (bicyclic) bond motifs is 2. The molecule has 0 aliphatic heterocycles. The lowest BCUT2D eigenvalue weighted by Gasteiger charge is -2.48. The largest absolute Gasteiger partial charge is 0.497 e. The van der Waals surface area contributed by atoms with E-state index in [1.807, 2.05) is 91.0 Å². The fraction of sp³-hybridized carbons (Fsp3) is 0.518. The molecule has 4 aromatic rings. The van der Waals surface area contributed by atoms with Gasteiger partial charge < -0.3 is 37.6 Å². The Morgan fingerprint density at radius 1 is 0.712 bits per heavy atom. The van der Waals surface area contributed by atoms with Crippen molar-refractivity contribution >= 4 is 14.1 Å². The van der Waals surface area contributed by atoms with E-state index >= 15 is 4.79 Å². The van der Waals surface area contributed by atoms with Crippen molar-refractivity contribution in [1.82, 2.24) is 0 Å². The number of allylic oxidation sites excluding steroid dienone is 2. The summed E-state index contributed by atoms with van der Waals surface area (Å²) < 4.78 is 52.1. The minimum absolute atomic E-state index is 0.00163. The van der Waals surface area contributed by atoms with Crippen LogP contribution in [-0.4, -0.2) is 66.5 Å². The SMILES string of the molecule is COc1ccc(COC[C@](OCc2ccccc2)(C(CCO[Si](C)(C)C(C)(C)C)OCc2ccc(OC)cc2)[C@H]2C/C=C3\CCC([C@@H](OCc4ccc(OC)cc4)C(=O)[C@H]2C)C3(C)C)cc1. The molecule has 0 aromatic heterocycles. The third-order valence-corrected chi connectivity index (χ3v) is 19.5. The predicted octanol–water partition coefficient (Wildman–Crippen LogP) is 12.4. The van der Waals surface area contributed by atoms with Gasteiger partial charge in [0.15, 0.2) is 14.1 Å². The van der Waals surface area contributed by atoms with Gasteiger partial charge in [-0.1, -0.05) is 120 Å². The van der Waals surface area contributed by atoms with Crippen molar-refractivity contribution in [2.45, 2.75) is 130 Å². The zero-order chi connectivity index (χ0) is 47.5. The maximum Gasteiger partial charge on any atom is 0.191 e. The number of ether oxygens (including phenoxy) is 7. The first-order chi connectivity index (χ1) is 31.5. The molecular formula is C56H76O9Si. The number of hydrogen-bond donors (Lipinski definition) is 0. The summed E-state index contributed by atoms with van der Waals surface area (Å²) in [7, 11) is 2.82. The standard InChI is InChI=1S/C56H76O9Si/c1-40-49(31-23-45-24-32-50(55(45,5)6)53(52(40)57)63-37-44-21-29-48(60-9)30-22-44)56(64-38-41-15-13-12-14-16-41,39-61-35-42-17-25-46(58-7)26-18-42)51(33-34-65-66(10,11)54(2,3)4)62-36-43-19-27-47(59-8)28-20-43/h12-23,25-30,40,49-51,53H,24,31-39H2,1-11H3/b45-23+/t40-,49-,50?,51?,53+,56+/m0/s1. The molecule has 10 heteroatoms.